The molecule has 0 N–H and O–H groups in total. The molecule has 2 aromatic rings. The molecule has 0 saturated carbocycles. The fourth-order valence-corrected chi connectivity index (χ4v) is 3.36. The number of benzene rings is 2. The van der Waals surface area contributed by atoms with Gasteiger partial charge in [0.05, 0.1) is 0 Å². The molecule has 1 aliphatic heterocycles. The van der Waals surface area contributed by atoms with Crippen molar-refractivity contribution >= 4 is 5.91 Å². The zero-order valence-corrected chi connectivity index (χ0v) is 14.9. The first-order valence-corrected chi connectivity index (χ1v) is 8.68. The van der Waals surface area contributed by atoms with Crippen molar-refractivity contribution < 1.29 is 4.79 Å². The number of rotatable bonds is 3. The first-order chi connectivity index (χ1) is 11.5. The van der Waals surface area contributed by atoms with E-state index in [2.05, 4.69) is 49.1 Å². The van der Waals surface area contributed by atoms with E-state index in [0.717, 1.165) is 43.9 Å². The van der Waals surface area contributed by atoms with Crippen LogP contribution in [0.15, 0.2) is 42.5 Å². The zero-order valence-electron chi connectivity index (χ0n) is 14.9. The van der Waals surface area contributed by atoms with E-state index in [1.807, 2.05) is 24.0 Å². The molecule has 126 valence electrons. The third-order valence-electron chi connectivity index (χ3n) is 4.93. The van der Waals surface area contributed by atoms with Crippen LogP contribution in [0, 0.1) is 20.8 Å². The molecule has 3 nitrogen and oxygen atoms in total. The highest BCUT2D eigenvalue weighted by Crippen LogP contribution is 2.16. The van der Waals surface area contributed by atoms with E-state index in [4.69, 9.17) is 0 Å². The Morgan fingerprint density at radius 3 is 2.29 bits per heavy atom. The fraction of sp³-hybridized carbons (Fsp3) is 0.381. The minimum Gasteiger partial charge on any atom is -0.336 e. The maximum Gasteiger partial charge on any atom is 0.254 e. The molecule has 2 aromatic carbocycles. The molecule has 1 fully saturated rings. The molecule has 0 atom stereocenters. The van der Waals surface area contributed by atoms with Gasteiger partial charge < -0.3 is 4.90 Å². The minimum atomic E-state index is 0.169. The maximum atomic E-state index is 12.8. The SMILES string of the molecule is Cc1ccc(C(=O)N2CCN(Cc3ccccc3C)CC2)c(C)c1. The van der Waals surface area contributed by atoms with Crippen molar-refractivity contribution in [1.29, 1.82) is 0 Å². The van der Waals surface area contributed by atoms with Gasteiger partial charge in [0.15, 0.2) is 0 Å². The number of carbonyl (C=O) groups excluding carboxylic acids is 1. The van der Waals surface area contributed by atoms with Gasteiger partial charge >= 0.3 is 0 Å². The predicted octanol–water partition coefficient (Wildman–Crippen LogP) is 3.57. The highest BCUT2D eigenvalue weighted by molar-refractivity contribution is 5.95. The van der Waals surface area contributed by atoms with E-state index in [1.54, 1.807) is 0 Å². The summed E-state index contributed by atoms with van der Waals surface area (Å²) in [6.45, 7) is 10.7. The standard InChI is InChI=1S/C21H26N2O/c1-16-8-9-20(18(3)14-16)21(24)23-12-10-22(11-13-23)15-19-7-5-4-6-17(19)2/h4-9,14H,10-13,15H2,1-3H3. The molecule has 0 aromatic heterocycles. The van der Waals surface area contributed by atoms with Gasteiger partial charge in [-0.3, -0.25) is 9.69 Å². The van der Waals surface area contributed by atoms with Crippen molar-refractivity contribution in [2.24, 2.45) is 0 Å². The second-order valence-corrected chi connectivity index (χ2v) is 6.81. The van der Waals surface area contributed by atoms with Crippen LogP contribution in [0.3, 0.4) is 0 Å². The Morgan fingerprint density at radius 1 is 0.917 bits per heavy atom. The van der Waals surface area contributed by atoms with Gasteiger partial charge in [0.25, 0.3) is 5.91 Å². The third-order valence-corrected chi connectivity index (χ3v) is 4.93. The van der Waals surface area contributed by atoms with E-state index in [-0.39, 0.29) is 5.91 Å². The van der Waals surface area contributed by atoms with E-state index in [1.165, 1.54) is 16.7 Å². The molecule has 3 rings (SSSR count). The monoisotopic (exact) mass is 322 g/mol. The van der Waals surface area contributed by atoms with Gasteiger partial charge in [-0.05, 0) is 43.5 Å². The lowest BCUT2D eigenvalue weighted by molar-refractivity contribution is 0.0627. The molecule has 24 heavy (non-hydrogen) atoms. The van der Waals surface area contributed by atoms with Crippen LogP contribution in [0.4, 0.5) is 0 Å². The van der Waals surface area contributed by atoms with Gasteiger partial charge in [0, 0.05) is 38.3 Å². The largest absolute Gasteiger partial charge is 0.336 e. The number of piperazine rings is 1. The lowest BCUT2D eigenvalue weighted by atomic mass is 10.0. The Morgan fingerprint density at radius 2 is 1.62 bits per heavy atom. The molecular weight excluding hydrogens is 296 g/mol. The number of hydrogen-bond acceptors (Lipinski definition) is 2. The highest BCUT2D eigenvalue weighted by atomic mass is 16.2. The molecule has 1 saturated heterocycles. The summed E-state index contributed by atoms with van der Waals surface area (Å²) in [5.41, 5.74) is 5.83. The van der Waals surface area contributed by atoms with E-state index < -0.39 is 0 Å². The number of nitrogens with zero attached hydrogens (tertiary/aromatic N) is 2. The van der Waals surface area contributed by atoms with E-state index in [0.29, 0.717) is 0 Å². The molecule has 3 heteroatoms. The van der Waals surface area contributed by atoms with Crippen LogP contribution in [0.5, 0.6) is 0 Å². The lowest BCUT2D eigenvalue weighted by Crippen LogP contribution is -2.48. The summed E-state index contributed by atoms with van der Waals surface area (Å²) < 4.78 is 0. The second kappa shape index (κ2) is 7.18. The maximum absolute atomic E-state index is 12.8. The summed E-state index contributed by atoms with van der Waals surface area (Å²) in [4.78, 5) is 17.2. The lowest BCUT2D eigenvalue weighted by Gasteiger charge is -2.35. The molecule has 0 aliphatic carbocycles. The fourth-order valence-electron chi connectivity index (χ4n) is 3.36. The van der Waals surface area contributed by atoms with Gasteiger partial charge in [-0.15, -0.1) is 0 Å². The second-order valence-electron chi connectivity index (χ2n) is 6.81. The van der Waals surface area contributed by atoms with Crippen LogP contribution in [0.2, 0.25) is 0 Å². The Bertz CT molecular complexity index is 730. The van der Waals surface area contributed by atoms with Gasteiger partial charge in [-0.1, -0.05) is 42.0 Å². The van der Waals surface area contributed by atoms with Crippen molar-refractivity contribution in [3.05, 3.63) is 70.3 Å². The number of hydrogen-bond donors (Lipinski definition) is 0. The first kappa shape index (κ1) is 16.7. The molecule has 0 bridgehead atoms. The molecule has 1 heterocycles. The van der Waals surface area contributed by atoms with Crippen molar-refractivity contribution in [2.75, 3.05) is 26.2 Å². The average Bonchev–Trinajstić information content (AvgIpc) is 2.57. The van der Waals surface area contributed by atoms with Crippen LogP contribution < -0.4 is 0 Å². The van der Waals surface area contributed by atoms with E-state index >= 15 is 0 Å². The molecule has 0 unspecified atom stereocenters. The Balaban J connectivity index is 1.60. The normalized spacial score (nSPS) is 15.5. The smallest absolute Gasteiger partial charge is 0.254 e. The topological polar surface area (TPSA) is 23.6 Å². The third kappa shape index (κ3) is 3.68. The van der Waals surface area contributed by atoms with Crippen molar-refractivity contribution in [3.63, 3.8) is 0 Å². The molecule has 0 spiro atoms. The highest BCUT2D eigenvalue weighted by Gasteiger charge is 2.23. The Kier molecular flexibility index (Phi) is 5.00. The quantitative estimate of drug-likeness (QED) is 0.862. The van der Waals surface area contributed by atoms with Crippen LogP contribution in [-0.4, -0.2) is 41.9 Å². The van der Waals surface area contributed by atoms with Gasteiger partial charge in [0.2, 0.25) is 0 Å². The van der Waals surface area contributed by atoms with Crippen molar-refractivity contribution in [3.8, 4) is 0 Å². The van der Waals surface area contributed by atoms with Crippen LogP contribution >= 0.6 is 0 Å². The molecule has 0 radical (unpaired) electrons. The summed E-state index contributed by atoms with van der Waals surface area (Å²) in [5.74, 6) is 0.169. The summed E-state index contributed by atoms with van der Waals surface area (Å²) in [7, 11) is 0. The van der Waals surface area contributed by atoms with Crippen LogP contribution in [-0.2, 0) is 6.54 Å². The van der Waals surface area contributed by atoms with Gasteiger partial charge in [-0.25, -0.2) is 0 Å². The zero-order chi connectivity index (χ0) is 17.1. The van der Waals surface area contributed by atoms with Gasteiger partial charge in [-0.2, -0.15) is 0 Å². The van der Waals surface area contributed by atoms with E-state index in [9.17, 15) is 4.79 Å². The summed E-state index contributed by atoms with van der Waals surface area (Å²) in [6.07, 6.45) is 0. The molecule has 1 aliphatic rings. The first-order valence-electron chi connectivity index (χ1n) is 8.68. The van der Waals surface area contributed by atoms with Crippen LogP contribution in [0.1, 0.15) is 32.6 Å². The van der Waals surface area contributed by atoms with Crippen LogP contribution in [0.25, 0.3) is 0 Å². The summed E-state index contributed by atoms with van der Waals surface area (Å²) in [6, 6.07) is 14.6. The summed E-state index contributed by atoms with van der Waals surface area (Å²) >= 11 is 0. The number of aryl methyl sites for hydroxylation is 3. The average molecular weight is 322 g/mol. The van der Waals surface area contributed by atoms with Crippen molar-refractivity contribution in [1.82, 2.24) is 9.80 Å². The van der Waals surface area contributed by atoms with Gasteiger partial charge in [0.1, 0.15) is 0 Å². The molecule has 1 amide bonds. The Hall–Kier alpha value is -2.13. The number of amides is 1. The Labute approximate surface area is 144 Å². The minimum absolute atomic E-state index is 0.169. The molecular formula is C21H26N2O. The number of carbonyl (C=O) groups is 1. The summed E-state index contributed by atoms with van der Waals surface area (Å²) in [5, 5.41) is 0. The predicted molar refractivity (Wildman–Crippen MR) is 98.3 cm³/mol. The van der Waals surface area contributed by atoms with Crippen molar-refractivity contribution in [2.45, 2.75) is 27.3 Å².